The Morgan fingerprint density at radius 3 is 2.32 bits per heavy atom. The molecule has 0 aromatic heterocycles. The summed E-state index contributed by atoms with van der Waals surface area (Å²) in [7, 11) is 1.61. The van der Waals surface area contributed by atoms with Gasteiger partial charge in [-0.1, -0.05) is 12.1 Å². The Morgan fingerprint density at radius 1 is 1.24 bits per heavy atom. The molecule has 0 heterocycles. The van der Waals surface area contributed by atoms with Crippen LogP contribution in [0.3, 0.4) is 0 Å². The Labute approximate surface area is 157 Å². The van der Waals surface area contributed by atoms with Crippen LogP contribution >= 0.6 is 23.2 Å². The lowest BCUT2D eigenvalue weighted by Gasteiger charge is -2.23. The SMILES string of the molecule is COc1ccc(CN(C(=O)COC(=O)C2(C)CC2(Cl)Cl)C2CC2)cc1. The van der Waals surface area contributed by atoms with Gasteiger partial charge in [-0.2, -0.15) is 0 Å². The quantitative estimate of drug-likeness (QED) is 0.533. The van der Waals surface area contributed by atoms with Crippen LogP contribution in [-0.4, -0.2) is 40.9 Å². The minimum absolute atomic E-state index is 0.203. The van der Waals surface area contributed by atoms with Gasteiger partial charge in [0.2, 0.25) is 0 Å². The standard InChI is InChI=1S/C18H21Cl2NO4/c1-17(11-18(17,19)20)16(23)25-10-15(22)21(13-5-6-13)9-12-3-7-14(24-2)8-4-12/h3-4,7-8,13H,5-6,9-11H2,1-2H3. The van der Waals surface area contributed by atoms with E-state index < -0.39 is 15.7 Å². The van der Waals surface area contributed by atoms with Gasteiger partial charge < -0.3 is 14.4 Å². The molecule has 0 saturated heterocycles. The number of carbonyl (C=O) groups is 2. The van der Waals surface area contributed by atoms with Gasteiger partial charge in [0.15, 0.2) is 6.61 Å². The first-order valence-electron chi connectivity index (χ1n) is 8.24. The maximum atomic E-state index is 12.5. The van der Waals surface area contributed by atoms with Crippen LogP contribution in [0.2, 0.25) is 0 Å². The molecule has 2 saturated carbocycles. The van der Waals surface area contributed by atoms with E-state index >= 15 is 0 Å². The Balaban J connectivity index is 1.57. The van der Waals surface area contributed by atoms with Crippen molar-refractivity contribution in [2.45, 2.75) is 43.1 Å². The molecule has 0 bridgehead atoms. The molecule has 1 aromatic rings. The number of hydrogen-bond donors (Lipinski definition) is 0. The topological polar surface area (TPSA) is 55.8 Å². The molecular formula is C18H21Cl2NO4. The van der Waals surface area contributed by atoms with Crippen LogP contribution in [0.4, 0.5) is 0 Å². The van der Waals surface area contributed by atoms with Gasteiger partial charge in [0, 0.05) is 19.0 Å². The highest BCUT2D eigenvalue weighted by Gasteiger charge is 2.69. The molecule has 0 spiro atoms. The molecule has 1 unspecified atom stereocenters. The third-order valence-corrected chi connectivity index (χ3v) is 5.96. The highest BCUT2D eigenvalue weighted by molar-refractivity contribution is 6.53. The Morgan fingerprint density at radius 2 is 1.84 bits per heavy atom. The molecular weight excluding hydrogens is 365 g/mol. The lowest BCUT2D eigenvalue weighted by molar-refractivity contribution is -0.156. The Hall–Kier alpha value is -1.46. The van der Waals surface area contributed by atoms with Crippen molar-refractivity contribution in [1.82, 2.24) is 4.90 Å². The average Bonchev–Trinajstić information content (AvgIpc) is 3.49. The van der Waals surface area contributed by atoms with Crippen molar-refractivity contribution in [2.24, 2.45) is 5.41 Å². The average molecular weight is 386 g/mol. The van der Waals surface area contributed by atoms with Gasteiger partial charge in [0.05, 0.1) is 7.11 Å². The van der Waals surface area contributed by atoms with Crippen LogP contribution < -0.4 is 4.74 Å². The maximum absolute atomic E-state index is 12.5. The molecule has 2 aliphatic rings. The maximum Gasteiger partial charge on any atom is 0.315 e. The molecule has 1 atom stereocenters. The Kier molecular flexibility index (Phi) is 4.91. The van der Waals surface area contributed by atoms with E-state index in [0.29, 0.717) is 13.0 Å². The number of amides is 1. The summed E-state index contributed by atoms with van der Waals surface area (Å²) in [5.41, 5.74) is 0.0821. The lowest BCUT2D eigenvalue weighted by Crippen LogP contribution is -2.37. The number of carbonyl (C=O) groups excluding carboxylic acids is 2. The summed E-state index contributed by atoms with van der Waals surface area (Å²) in [6, 6.07) is 7.78. The van der Waals surface area contributed by atoms with Gasteiger partial charge in [-0.25, -0.2) is 0 Å². The summed E-state index contributed by atoms with van der Waals surface area (Å²) >= 11 is 11.9. The number of nitrogens with zero attached hydrogens (tertiary/aromatic N) is 1. The number of methoxy groups -OCH3 is 1. The first kappa shape index (κ1) is 18.3. The van der Waals surface area contributed by atoms with Crippen LogP contribution in [0.15, 0.2) is 24.3 Å². The van der Waals surface area contributed by atoms with Crippen molar-refractivity contribution in [3.63, 3.8) is 0 Å². The van der Waals surface area contributed by atoms with E-state index in [9.17, 15) is 9.59 Å². The molecule has 3 rings (SSSR count). The Bertz CT molecular complexity index is 672. The molecule has 1 amide bonds. The van der Waals surface area contributed by atoms with Crippen molar-refractivity contribution in [3.05, 3.63) is 29.8 Å². The van der Waals surface area contributed by atoms with Gasteiger partial charge in [-0.05, 0) is 37.5 Å². The van der Waals surface area contributed by atoms with Crippen molar-refractivity contribution >= 4 is 35.1 Å². The number of hydrogen-bond acceptors (Lipinski definition) is 4. The summed E-state index contributed by atoms with van der Waals surface area (Å²) in [4.78, 5) is 26.4. The highest BCUT2D eigenvalue weighted by atomic mass is 35.5. The van der Waals surface area contributed by atoms with E-state index in [0.717, 1.165) is 24.2 Å². The first-order chi connectivity index (χ1) is 11.8. The molecule has 7 heteroatoms. The highest BCUT2D eigenvalue weighted by Crippen LogP contribution is 2.64. The molecule has 25 heavy (non-hydrogen) atoms. The zero-order valence-corrected chi connectivity index (χ0v) is 15.8. The van der Waals surface area contributed by atoms with E-state index in [4.69, 9.17) is 32.7 Å². The van der Waals surface area contributed by atoms with E-state index in [1.807, 2.05) is 24.3 Å². The second kappa shape index (κ2) is 6.69. The molecule has 2 aliphatic carbocycles. The molecule has 5 nitrogen and oxygen atoms in total. The minimum Gasteiger partial charge on any atom is -0.497 e. The summed E-state index contributed by atoms with van der Waals surface area (Å²) in [6.45, 7) is 1.85. The number of halogens is 2. The van der Waals surface area contributed by atoms with Crippen LogP contribution in [0.1, 0.15) is 31.7 Å². The summed E-state index contributed by atoms with van der Waals surface area (Å²) < 4.78 is 9.23. The molecule has 0 radical (unpaired) electrons. The number of rotatable bonds is 7. The van der Waals surface area contributed by atoms with Gasteiger partial charge in [-0.15, -0.1) is 23.2 Å². The smallest absolute Gasteiger partial charge is 0.315 e. The molecule has 1 aromatic carbocycles. The second-order valence-corrected chi connectivity index (χ2v) is 8.37. The van der Waals surface area contributed by atoms with Crippen LogP contribution in [0.5, 0.6) is 5.75 Å². The van der Waals surface area contributed by atoms with Gasteiger partial charge >= 0.3 is 5.97 Å². The van der Waals surface area contributed by atoms with Gasteiger partial charge in [0.1, 0.15) is 15.5 Å². The monoisotopic (exact) mass is 385 g/mol. The van der Waals surface area contributed by atoms with Crippen molar-refractivity contribution in [3.8, 4) is 5.75 Å². The van der Waals surface area contributed by atoms with Crippen molar-refractivity contribution in [1.29, 1.82) is 0 Å². The summed E-state index contributed by atoms with van der Waals surface area (Å²) in [5.74, 6) is 0.0435. The first-order valence-corrected chi connectivity index (χ1v) is 9.00. The largest absolute Gasteiger partial charge is 0.497 e. The summed E-state index contributed by atoms with van der Waals surface area (Å²) in [5, 5.41) is 0. The fourth-order valence-electron chi connectivity index (χ4n) is 2.73. The van der Waals surface area contributed by atoms with Gasteiger partial charge in [0.25, 0.3) is 5.91 Å². The van der Waals surface area contributed by atoms with Crippen LogP contribution in [0.25, 0.3) is 0 Å². The number of alkyl halides is 2. The number of benzene rings is 1. The van der Waals surface area contributed by atoms with Crippen LogP contribution in [-0.2, 0) is 20.9 Å². The molecule has 0 N–H and O–H groups in total. The predicted molar refractivity (Wildman–Crippen MR) is 94.7 cm³/mol. The van der Waals surface area contributed by atoms with E-state index in [-0.39, 0.29) is 18.6 Å². The normalized spacial score (nSPS) is 23.7. The molecule has 136 valence electrons. The summed E-state index contributed by atoms with van der Waals surface area (Å²) in [6.07, 6.45) is 2.29. The van der Waals surface area contributed by atoms with Crippen LogP contribution in [0, 0.1) is 5.41 Å². The van der Waals surface area contributed by atoms with E-state index in [2.05, 4.69) is 0 Å². The minimum atomic E-state index is -1.09. The fraction of sp³-hybridized carbons (Fsp3) is 0.556. The third kappa shape index (κ3) is 3.87. The van der Waals surface area contributed by atoms with E-state index in [1.165, 1.54) is 0 Å². The van der Waals surface area contributed by atoms with E-state index in [1.54, 1.807) is 18.9 Å². The van der Waals surface area contributed by atoms with Gasteiger partial charge in [-0.3, -0.25) is 9.59 Å². The molecule has 0 aliphatic heterocycles. The molecule has 2 fully saturated rings. The number of ether oxygens (including phenoxy) is 2. The third-order valence-electron chi connectivity index (χ3n) is 4.86. The fourth-order valence-corrected chi connectivity index (χ4v) is 3.41. The zero-order chi connectivity index (χ0) is 18.2. The lowest BCUT2D eigenvalue weighted by atomic mass is 10.1. The zero-order valence-electron chi connectivity index (χ0n) is 14.3. The van der Waals surface area contributed by atoms with Crippen molar-refractivity contribution in [2.75, 3.05) is 13.7 Å². The van der Waals surface area contributed by atoms with Crippen molar-refractivity contribution < 1.29 is 19.1 Å². The second-order valence-electron chi connectivity index (χ2n) is 6.89. The predicted octanol–water partition coefficient (Wildman–Crippen LogP) is 3.31. The number of esters is 1.